The molecule has 98 valence electrons. The number of nitrogens with one attached hydrogen (secondary N) is 1. The van der Waals surface area contributed by atoms with Gasteiger partial charge in [0, 0.05) is 7.05 Å². The number of alkyl carbamates (subject to hydrolysis) is 1. The molecule has 0 bridgehead atoms. The van der Waals surface area contributed by atoms with E-state index in [0.29, 0.717) is 0 Å². The molecule has 1 heterocycles. The summed E-state index contributed by atoms with van der Waals surface area (Å²) in [5, 5.41) is 14.9. The third-order valence-corrected chi connectivity index (χ3v) is 2.76. The molecule has 0 radical (unpaired) electrons. The van der Waals surface area contributed by atoms with Crippen molar-refractivity contribution in [2.24, 2.45) is 0 Å². The molecule has 6 nitrogen and oxygen atoms in total. The molecule has 0 atom stereocenters. The third-order valence-electron chi connectivity index (χ3n) is 1.92. The van der Waals surface area contributed by atoms with Crippen LogP contribution in [0.5, 0.6) is 0 Å². The number of carbonyl (C=O) groups excluding carboxylic acids is 1. The number of amides is 1. The van der Waals surface area contributed by atoms with Crippen molar-refractivity contribution in [3.8, 4) is 6.07 Å². The van der Waals surface area contributed by atoms with E-state index in [1.807, 2.05) is 0 Å². The van der Waals surface area contributed by atoms with Gasteiger partial charge in [0.2, 0.25) is 0 Å². The number of rotatable bonds is 4. The summed E-state index contributed by atoms with van der Waals surface area (Å²) in [7, 11) is 1.38. The van der Waals surface area contributed by atoms with Crippen molar-refractivity contribution < 1.29 is 18.3 Å². The molecule has 0 saturated carbocycles. The molecule has 0 fully saturated rings. The minimum Gasteiger partial charge on any atom is -0.443 e. The highest BCUT2D eigenvalue weighted by Gasteiger charge is 2.19. The van der Waals surface area contributed by atoms with Gasteiger partial charge >= 0.3 is 6.09 Å². The maximum atomic E-state index is 12.3. The first kappa shape index (κ1) is 14.4. The molecular formula is C9H9BrF2N4O2. The summed E-state index contributed by atoms with van der Waals surface area (Å²) in [6.45, 7) is -0.910. The van der Waals surface area contributed by atoms with Gasteiger partial charge < -0.3 is 10.1 Å². The smallest absolute Gasteiger partial charge is 0.407 e. The molecule has 0 aliphatic heterocycles. The summed E-state index contributed by atoms with van der Waals surface area (Å²) < 4.78 is 30.4. The SMILES string of the molecule is CNC(=O)OCc1nn(CC(F)F)c(C#N)c1Br. The molecule has 1 aromatic heterocycles. The normalized spacial score (nSPS) is 10.2. The predicted octanol–water partition coefficient (Wildman–Crippen LogP) is 1.64. The molecule has 0 aromatic carbocycles. The lowest BCUT2D eigenvalue weighted by molar-refractivity contribution is 0.119. The van der Waals surface area contributed by atoms with Crippen LogP contribution in [0.1, 0.15) is 11.4 Å². The fourth-order valence-electron chi connectivity index (χ4n) is 1.16. The van der Waals surface area contributed by atoms with Crippen molar-refractivity contribution in [1.82, 2.24) is 15.1 Å². The van der Waals surface area contributed by atoms with Crippen molar-refractivity contribution in [3.05, 3.63) is 15.9 Å². The Morgan fingerprint density at radius 2 is 2.39 bits per heavy atom. The number of halogens is 3. The zero-order valence-corrected chi connectivity index (χ0v) is 10.9. The number of aromatic nitrogens is 2. The summed E-state index contributed by atoms with van der Waals surface area (Å²) in [6, 6.07) is 1.76. The van der Waals surface area contributed by atoms with E-state index >= 15 is 0 Å². The Hall–Kier alpha value is -1.69. The van der Waals surface area contributed by atoms with Gasteiger partial charge in [-0.05, 0) is 15.9 Å². The van der Waals surface area contributed by atoms with Gasteiger partial charge in [-0.25, -0.2) is 18.3 Å². The van der Waals surface area contributed by atoms with Gasteiger partial charge in [0.15, 0.2) is 5.69 Å². The standard InChI is InChI=1S/C9H9BrF2N4O2/c1-14-9(17)18-4-5-8(10)6(2-13)16(15-5)3-7(11)12/h7H,3-4H2,1H3,(H,14,17). The molecule has 9 heteroatoms. The Morgan fingerprint density at radius 1 is 1.72 bits per heavy atom. The second kappa shape index (κ2) is 6.30. The minimum atomic E-state index is -2.63. The monoisotopic (exact) mass is 322 g/mol. The van der Waals surface area contributed by atoms with Crippen molar-refractivity contribution >= 4 is 22.0 Å². The topological polar surface area (TPSA) is 79.9 Å². The van der Waals surface area contributed by atoms with Crippen LogP contribution in [0.4, 0.5) is 13.6 Å². The summed E-state index contributed by atoms with van der Waals surface area (Å²) >= 11 is 3.06. The van der Waals surface area contributed by atoms with Gasteiger partial charge in [-0.3, -0.25) is 0 Å². The van der Waals surface area contributed by atoms with Crippen LogP contribution >= 0.6 is 15.9 Å². The van der Waals surface area contributed by atoms with Crippen LogP contribution in [0.2, 0.25) is 0 Å². The van der Waals surface area contributed by atoms with Gasteiger partial charge in [-0.2, -0.15) is 10.4 Å². The molecule has 18 heavy (non-hydrogen) atoms. The summed E-state index contributed by atoms with van der Waals surface area (Å²) in [5.74, 6) is 0. The van der Waals surface area contributed by atoms with Crippen LogP contribution in [-0.2, 0) is 17.9 Å². The molecule has 0 aliphatic rings. The van der Waals surface area contributed by atoms with Crippen molar-refractivity contribution in [2.45, 2.75) is 19.6 Å². The van der Waals surface area contributed by atoms with E-state index in [1.54, 1.807) is 6.07 Å². The maximum absolute atomic E-state index is 12.3. The first-order valence-electron chi connectivity index (χ1n) is 4.77. The second-order valence-electron chi connectivity index (χ2n) is 3.12. The van der Waals surface area contributed by atoms with Gasteiger partial charge in [-0.1, -0.05) is 0 Å². The lowest BCUT2D eigenvalue weighted by atomic mass is 10.4. The number of nitriles is 1. The van der Waals surface area contributed by atoms with Crippen LogP contribution in [-0.4, -0.2) is 29.3 Å². The molecule has 0 spiro atoms. The Kier molecular flexibility index (Phi) is 5.03. The molecule has 1 N–H and O–H groups in total. The van der Waals surface area contributed by atoms with Gasteiger partial charge in [-0.15, -0.1) is 0 Å². The van der Waals surface area contributed by atoms with E-state index < -0.39 is 19.1 Å². The zero-order chi connectivity index (χ0) is 13.7. The summed E-state index contributed by atoms with van der Waals surface area (Å²) in [4.78, 5) is 10.9. The largest absolute Gasteiger partial charge is 0.443 e. The van der Waals surface area contributed by atoms with Gasteiger partial charge in [0.25, 0.3) is 6.43 Å². The highest BCUT2D eigenvalue weighted by Crippen LogP contribution is 2.22. The number of hydrogen-bond acceptors (Lipinski definition) is 4. The lowest BCUT2D eigenvalue weighted by Crippen LogP contribution is -2.19. The number of alkyl halides is 2. The predicted molar refractivity (Wildman–Crippen MR) is 59.9 cm³/mol. The lowest BCUT2D eigenvalue weighted by Gasteiger charge is -2.01. The van der Waals surface area contributed by atoms with Crippen LogP contribution in [0, 0.1) is 11.3 Å². The molecule has 0 unspecified atom stereocenters. The number of hydrogen-bond donors (Lipinski definition) is 1. The average molecular weight is 323 g/mol. The first-order valence-corrected chi connectivity index (χ1v) is 5.56. The van der Waals surface area contributed by atoms with E-state index in [0.717, 1.165) is 4.68 Å². The van der Waals surface area contributed by atoms with Crippen molar-refractivity contribution in [1.29, 1.82) is 5.26 Å². The fourth-order valence-corrected chi connectivity index (χ4v) is 1.64. The van der Waals surface area contributed by atoms with E-state index in [9.17, 15) is 13.6 Å². The first-order chi connectivity index (χ1) is 8.49. The van der Waals surface area contributed by atoms with E-state index in [1.165, 1.54) is 7.05 Å². The zero-order valence-electron chi connectivity index (χ0n) is 9.28. The summed E-state index contributed by atoms with van der Waals surface area (Å²) in [6.07, 6.45) is -3.31. The highest BCUT2D eigenvalue weighted by molar-refractivity contribution is 9.10. The average Bonchev–Trinajstić information content (AvgIpc) is 2.61. The molecule has 1 aromatic rings. The van der Waals surface area contributed by atoms with Gasteiger partial charge in [0.1, 0.15) is 24.9 Å². The third kappa shape index (κ3) is 3.40. The van der Waals surface area contributed by atoms with Crippen molar-refractivity contribution in [3.63, 3.8) is 0 Å². The number of carbonyl (C=O) groups is 1. The molecular weight excluding hydrogens is 314 g/mol. The minimum absolute atomic E-state index is 0.0363. The Morgan fingerprint density at radius 3 is 2.89 bits per heavy atom. The van der Waals surface area contributed by atoms with Crippen LogP contribution in [0.15, 0.2) is 4.47 Å². The van der Waals surface area contributed by atoms with Crippen LogP contribution in [0.3, 0.4) is 0 Å². The number of nitrogens with zero attached hydrogens (tertiary/aromatic N) is 3. The Balaban J connectivity index is 2.90. The van der Waals surface area contributed by atoms with Crippen molar-refractivity contribution in [2.75, 3.05) is 7.05 Å². The van der Waals surface area contributed by atoms with E-state index in [-0.39, 0.29) is 22.5 Å². The molecule has 1 amide bonds. The second-order valence-corrected chi connectivity index (χ2v) is 3.91. The van der Waals surface area contributed by atoms with E-state index in [4.69, 9.17) is 10.00 Å². The van der Waals surface area contributed by atoms with Crippen LogP contribution < -0.4 is 5.32 Å². The van der Waals surface area contributed by atoms with Gasteiger partial charge in [0.05, 0.1) is 4.47 Å². The Labute approximate surface area is 110 Å². The number of ether oxygens (including phenoxy) is 1. The maximum Gasteiger partial charge on any atom is 0.407 e. The quantitative estimate of drug-likeness (QED) is 0.913. The van der Waals surface area contributed by atoms with Crippen LogP contribution in [0.25, 0.3) is 0 Å². The highest BCUT2D eigenvalue weighted by atomic mass is 79.9. The van der Waals surface area contributed by atoms with E-state index in [2.05, 4.69) is 26.3 Å². The fraction of sp³-hybridized carbons (Fsp3) is 0.444. The molecule has 1 rings (SSSR count). The molecule has 0 aliphatic carbocycles. The Bertz CT molecular complexity index is 484. The molecule has 0 saturated heterocycles. The summed E-state index contributed by atoms with van der Waals surface area (Å²) in [5.41, 5.74) is 0.168.